The second kappa shape index (κ2) is 7.20. The summed E-state index contributed by atoms with van der Waals surface area (Å²) in [6.45, 7) is 5.06. The van der Waals surface area contributed by atoms with E-state index in [9.17, 15) is 14.0 Å². The molecule has 6 heteroatoms. The molecule has 0 radical (unpaired) electrons. The molecule has 1 N–H and O–H groups in total. The third-order valence-electron chi connectivity index (χ3n) is 4.78. The number of carbonyl (C=O) groups is 2. The minimum atomic E-state index is -0.230. The summed E-state index contributed by atoms with van der Waals surface area (Å²) in [5, 5.41) is 2.86. The molecule has 1 heterocycles. The third-order valence-corrected chi connectivity index (χ3v) is 4.78. The number of carbonyl (C=O) groups excluding carboxylic acids is 2. The lowest BCUT2D eigenvalue weighted by Crippen LogP contribution is -2.49. The molecule has 3 rings (SSSR count). The highest BCUT2D eigenvalue weighted by atomic mass is 19.1. The molecule has 2 unspecified atom stereocenters. The van der Waals surface area contributed by atoms with Crippen LogP contribution in [0.2, 0.25) is 0 Å². The van der Waals surface area contributed by atoms with Crippen LogP contribution in [0.25, 0.3) is 0 Å². The largest absolute Gasteiger partial charge is 0.366 e. The lowest BCUT2D eigenvalue weighted by atomic mass is 10.2. The first-order valence-corrected chi connectivity index (χ1v) is 8.67. The lowest BCUT2D eigenvalue weighted by Gasteiger charge is -2.36. The van der Waals surface area contributed by atoms with Crippen molar-refractivity contribution in [3.8, 4) is 0 Å². The summed E-state index contributed by atoms with van der Waals surface area (Å²) in [4.78, 5) is 28.2. The van der Waals surface area contributed by atoms with E-state index in [1.807, 2.05) is 22.8 Å². The van der Waals surface area contributed by atoms with Gasteiger partial charge in [-0.1, -0.05) is 19.1 Å². The third kappa shape index (κ3) is 3.52. The average Bonchev–Trinajstić information content (AvgIpc) is 3.40. The number of anilines is 1. The summed E-state index contributed by atoms with van der Waals surface area (Å²) in [6.07, 6.45) is 1.55. The topological polar surface area (TPSA) is 52.7 Å². The van der Waals surface area contributed by atoms with Gasteiger partial charge in [-0.3, -0.25) is 9.59 Å². The van der Waals surface area contributed by atoms with Crippen LogP contribution in [0.4, 0.5) is 10.1 Å². The Morgan fingerprint density at radius 3 is 2.54 bits per heavy atom. The van der Waals surface area contributed by atoms with E-state index in [1.165, 1.54) is 6.07 Å². The van der Waals surface area contributed by atoms with Crippen molar-refractivity contribution < 1.29 is 14.0 Å². The van der Waals surface area contributed by atoms with Crippen molar-refractivity contribution in [1.82, 2.24) is 10.2 Å². The first-order chi connectivity index (χ1) is 11.6. The second-order valence-electron chi connectivity index (χ2n) is 6.50. The van der Waals surface area contributed by atoms with E-state index in [2.05, 4.69) is 5.32 Å². The van der Waals surface area contributed by atoms with Crippen molar-refractivity contribution in [3.63, 3.8) is 0 Å². The highest BCUT2D eigenvalue weighted by Gasteiger charge is 2.49. The van der Waals surface area contributed by atoms with Gasteiger partial charge in [-0.25, -0.2) is 4.39 Å². The Hall–Kier alpha value is -2.11. The van der Waals surface area contributed by atoms with Gasteiger partial charge in [-0.05, 0) is 25.0 Å². The second-order valence-corrected chi connectivity index (χ2v) is 6.50. The van der Waals surface area contributed by atoms with Crippen molar-refractivity contribution in [2.45, 2.75) is 19.8 Å². The van der Waals surface area contributed by atoms with Crippen molar-refractivity contribution in [2.75, 3.05) is 37.6 Å². The van der Waals surface area contributed by atoms with Gasteiger partial charge in [0.25, 0.3) is 0 Å². The monoisotopic (exact) mass is 333 g/mol. The van der Waals surface area contributed by atoms with Gasteiger partial charge in [-0.2, -0.15) is 0 Å². The number of piperazine rings is 1. The smallest absolute Gasteiger partial charge is 0.226 e. The SMILES string of the molecule is CCCNC(=O)C1CC1C(=O)N1CCN(c2ccccc2F)CC1. The number of benzene rings is 1. The van der Waals surface area contributed by atoms with Crippen LogP contribution >= 0.6 is 0 Å². The van der Waals surface area contributed by atoms with Gasteiger partial charge in [0.15, 0.2) is 0 Å². The Labute approximate surface area is 141 Å². The van der Waals surface area contributed by atoms with Crippen LogP contribution in [0.15, 0.2) is 24.3 Å². The highest BCUT2D eigenvalue weighted by Crippen LogP contribution is 2.40. The fourth-order valence-electron chi connectivity index (χ4n) is 3.25. The zero-order chi connectivity index (χ0) is 17.1. The van der Waals surface area contributed by atoms with E-state index >= 15 is 0 Å². The van der Waals surface area contributed by atoms with Crippen molar-refractivity contribution in [2.24, 2.45) is 11.8 Å². The van der Waals surface area contributed by atoms with Gasteiger partial charge >= 0.3 is 0 Å². The molecule has 1 saturated carbocycles. The van der Waals surface area contributed by atoms with Crippen LogP contribution in [0, 0.1) is 17.7 Å². The molecule has 2 fully saturated rings. The minimum absolute atomic E-state index is 0.000178. The summed E-state index contributed by atoms with van der Waals surface area (Å²) >= 11 is 0. The highest BCUT2D eigenvalue weighted by molar-refractivity contribution is 5.92. The number of hydrogen-bond acceptors (Lipinski definition) is 3. The molecule has 2 atom stereocenters. The lowest BCUT2D eigenvalue weighted by molar-refractivity contribution is -0.135. The predicted octanol–water partition coefficient (Wildman–Crippen LogP) is 1.64. The van der Waals surface area contributed by atoms with Crippen LogP contribution in [-0.4, -0.2) is 49.4 Å². The van der Waals surface area contributed by atoms with Crippen LogP contribution in [0.5, 0.6) is 0 Å². The van der Waals surface area contributed by atoms with Gasteiger partial charge in [0.1, 0.15) is 5.82 Å². The van der Waals surface area contributed by atoms with Gasteiger partial charge in [0, 0.05) is 32.7 Å². The molecule has 1 aromatic carbocycles. The minimum Gasteiger partial charge on any atom is -0.366 e. The molecule has 0 spiro atoms. The number of nitrogens with one attached hydrogen (secondary N) is 1. The van der Waals surface area contributed by atoms with Crippen molar-refractivity contribution in [1.29, 1.82) is 0 Å². The van der Waals surface area contributed by atoms with E-state index in [1.54, 1.807) is 12.1 Å². The van der Waals surface area contributed by atoms with Crippen molar-refractivity contribution >= 4 is 17.5 Å². The number of nitrogens with zero attached hydrogens (tertiary/aromatic N) is 2. The van der Waals surface area contributed by atoms with Crippen LogP contribution in [0.3, 0.4) is 0 Å². The molecule has 0 bridgehead atoms. The van der Waals surface area contributed by atoms with Gasteiger partial charge < -0.3 is 15.1 Å². The standard InChI is InChI=1S/C18H24FN3O2/c1-2-7-20-17(23)13-12-14(13)18(24)22-10-8-21(9-11-22)16-6-4-3-5-15(16)19/h3-6,13-14H,2,7-12H2,1H3,(H,20,23). The van der Waals surface area contributed by atoms with E-state index in [0.29, 0.717) is 44.8 Å². The summed E-state index contributed by atoms with van der Waals surface area (Å²) in [7, 11) is 0. The van der Waals surface area contributed by atoms with Gasteiger partial charge in [0.05, 0.1) is 17.5 Å². The average molecular weight is 333 g/mol. The van der Waals surface area contributed by atoms with Gasteiger partial charge in [0.2, 0.25) is 11.8 Å². The van der Waals surface area contributed by atoms with Gasteiger partial charge in [-0.15, -0.1) is 0 Å². The molecule has 1 aliphatic carbocycles. The molecule has 5 nitrogen and oxygen atoms in total. The molecule has 0 aromatic heterocycles. The Bertz CT molecular complexity index is 614. The van der Waals surface area contributed by atoms with Crippen LogP contribution in [-0.2, 0) is 9.59 Å². The molecule has 2 aliphatic rings. The summed E-state index contributed by atoms with van der Waals surface area (Å²) in [5.74, 6) is -0.484. The predicted molar refractivity (Wildman–Crippen MR) is 90.1 cm³/mol. The van der Waals surface area contributed by atoms with E-state index in [-0.39, 0.29) is 29.5 Å². The number of amides is 2. The molecule has 1 saturated heterocycles. The summed E-state index contributed by atoms with van der Waals surface area (Å²) in [5.41, 5.74) is 0.591. The number of halogens is 1. The maximum absolute atomic E-state index is 13.8. The molecule has 24 heavy (non-hydrogen) atoms. The Balaban J connectivity index is 1.50. The fourth-order valence-corrected chi connectivity index (χ4v) is 3.25. The molecular weight excluding hydrogens is 309 g/mol. The summed E-state index contributed by atoms with van der Waals surface area (Å²) in [6, 6.07) is 6.72. The quantitative estimate of drug-likeness (QED) is 0.891. The summed E-state index contributed by atoms with van der Waals surface area (Å²) < 4.78 is 13.8. The first-order valence-electron chi connectivity index (χ1n) is 8.67. The van der Waals surface area contributed by atoms with E-state index in [4.69, 9.17) is 0 Å². The fraction of sp³-hybridized carbons (Fsp3) is 0.556. The first kappa shape index (κ1) is 16.7. The normalized spacial score (nSPS) is 23.1. The van der Waals surface area contributed by atoms with Crippen LogP contribution < -0.4 is 10.2 Å². The van der Waals surface area contributed by atoms with Crippen molar-refractivity contribution in [3.05, 3.63) is 30.1 Å². The van der Waals surface area contributed by atoms with E-state index < -0.39 is 0 Å². The molecule has 1 aromatic rings. The zero-order valence-electron chi connectivity index (χ0n) is 14.0. The molecule has 1 aliphatic heterocycles. The Morgan fingerprint density at radius 2 is 1.88 bits per heavy atom. The maximum Gasteiger partial charge on any atom is 0.226 e. The molecular formula is C18H24FN3O2. The Kier molecular flexibility index (Phi) is 5.02. The zero-order valence-corrected chi connectivity index (χ0v) is 14.0. The van der Waals surface area contributed by atoms with Crippen LogP contribution in [0.1, 0.15) is 19.8 Å². The molecule has 2 amide bonds. The van der Waals surface area contributed by atoms with E-state index in [0.717, 1.165) is 6.42 Å². The number of hydrogen-bond donors (Lipinski definition) is 1. The number of para-hydroxylation sites is 1. The molecule has 130 valence electrons. The maximum atomic E-state index is 13.8. The Morgan fingerprint density at radius 1 is 1.17 bits per heavy atom. The number of rotatable bonds is 5.